The zero-order chi connectivity index (χ0) is 14.1. The number of fused-ring (bicyclic) bond motifs is 1. The summed E-state index contributed by atoms with van der Waals surface area (Å²) in [5.41, 5.74) is 7.72. The maximum Gasteiger partial charge on any atom is 0.288 e. The van der Waals surface area contributed by atoms with Crippen molar-refractivity contribution >= 4 is 11.9 Å². The normalized spacial score (nSPS) is 17.4. The van der Waals surface area contributed by atoms with E-state index < -0.39 is 5.91 Å². The topological polar surface area (TPSA) is 85.8 Å². The Labute approximate surface area is 117 Å². The molecule has 1 unspecified atom stereocenters. The van der Waals surface area contributed by atoms with Crippen LogP contribution in [-0.2, 0) is 6.42 Å². The van der Waals surface area contributed by atoms with Gasteiger partial charge in [0.1, 0.15) is 0 Å². The van der Waals surface area contributed by atoms with Crippen LogP contribution in [0.15, 0.2) is 24.3 Å². The summed E-state index contributed by atoms with van der Waals surface area (Å²) >= 11 is 0. The minimum Gasteiger partial charge on any atom is -0.363 e. The summed E-state index contributed by atoms with van der Waals surface area (Å²) in [5, 5.41) is 7.36. The number of anilines is 1. The SMILES string of the molecule is CCc1ccc(C2CCNc3nc(C(N)=O)nn32)cc1. The second kappa shape index (κ2) is 4.96. The summed E-state index contributed by atoms with van der Waals surface area (Å²) in [6.45, 7) is 2.94. The Balaban J connectivity index is 1.97. The fraction of sp³-hybridized carbons (Fsp3) is 0.357. The third-order valence-corrected chi connectivity index (χ3v) is 3.62. The fourth-order valence-electron chi connectivity index (χ4n) is 2.49. The Hall–Kier alpha value is -2.37. The molecule has 0 spiro atoms. The van der Waals surface area contributed by atoms with E-state index in [4.69, 9.17) is 5.73 Å². The number of carbonyl (C=O) groups is 1. The van der Waals surface area contributed by atoms with Crippen LogP contribution in [-0.4, -0.2) is 27.2 Å². The summed E-state index contributed by atoms with van der Waals surface area (Å²) < 4.78 is 1.75. The Morgan fingerprint density at radius 1 is 1.45 bits per heavy atom. The summed E-state index contributed by atoms with van der Waals surface area (Å²) in [6, 6.07) is 8.58. The average molecular weight is 271 g/mol. The number of aromatic nitrogens is 3. The van der Waals surface area contributed by atoms with Crippen LogP contribution in [0.4, 0.5) is 5.95 Å². The van der Waals surface area contributed by atoms with Gasteiger partial charge in [0.05, 0.1) is 6.04 Å². The van der Waals surface area contributed by atoms with Gasteiger partial charge in [-0.15, -0.1) is 5.10 Å². The maximum atomic E-state index is 11.2. The van der Waals surface area contributed by atoms with E-state index in [9.17, 15) is 4.79 Å². The van der Waals surface area contributed by atoms with Crippen LogP contribution in [0.5, 0.6) is 0 Å². The Morgan fingerprint density at radius 3 is 2.85 bits per heavy atom. The second-order valence-electron chi connectivity index (χ2n) is 4.89. The number of nitrogens with zero attached hydrogens (tertiary/aromatic N) is 3. The highest BCUT2D eigenvalue weighted by Gasteiger charge is 2.25. The van der Waals surface area contributed by atoms with E-state index >= 15 is 0 Å². The first-order valence-electron chi connectivity index (χ1n) is 6.78. The zero-order valence-electron chi connectivity index (χ0n) is 11.3. The molecule has 0 aliphatic carbocycles. The van der Waals surface area contributed by atoms with Crippen LogP contribution in [0.1, 0.15) is 41.1 Å². The number of hydrogen-bond acceptors (Lipinski definition) is 4. The van der Waals surface area contributed by atoms with Gasteiger partial charge in [0.25, 0.3) is 5.91 Å². The molecule has 1 aromatic heterocycles. The molecule has 2 heterocycles. The molecule has 0 radical (unpaired) electrons. The van der Waals surface area contributed by atoms with Crippen molar-refractivity contribution in [3.8, 4) is 0 Å². The number of hydrogen-bond donors (Lipinski definition) is 2. The van der Waals surface area contributed by atoms with Gasteiger partial charge in [-0.3, -0.25) is 4.79 Å². The molecule has 1 aliphatic rings. The molecule has 3 rings (SSSR count). The molecule has 6 heteroatoms. The molecule has 1 amide bonds. The lowest BCUT2D eigenvalue weighted by Gasteiger charge is -2.24. The van der Waals surface area contributed by atoms with Crippen LogP contribution in [0.25, 0.3) is 0 Å². The lowest BCUT2D eigenvalue weighted by molar-refractivity contribution is 0.0990. The lowest BCUT2D eigenvalue weighted by atomic mass is 10.0. The van der Waals surface area contributed by atoms with E-state index in [0.717, 1.165) is 19.4 Å². The van der Waals surface area contributed by atoms with E-state index in [2.05, 4.69) is 46.6 Å². The van der Waals surface area contributed by atoms with Crippen molar-refractivity contribution in [1.82, 2.24) is 14.8 Å². The highest BCUT2D eigenvalue weighted by molar-refractivity contribution is 5.89. The van der Waals surface area contributed by atoms with Gasteiger partial charge in [-0.05, 0) is 24.0 Å². The van der Waals surface area contributed by atoms with E-state index in [-0.39, 0.29) is 11.9 Å². The van der Waals surface area contributed by atoms with Gasteiger partial charge in [0, 0.05) is 6.54 Å². The fourth-order valence-corrected chi connectivity index (χ4v) is 2.49. The Kier molecular flexibility index (Phi) is 3.14. The van der Waals surface area contributed by atoms with E-state index in [1.165, 1.54) is 11.1 Å². The van der Waals surface area contributed by atoms with E-state index in [0.29, 0.717) is 5.95 Å². The number of benzene rings is 1. The number of carbonyl (C=O) groups excluding carboxylic acids is 1. The Bertz CT molecular complexity index is 632. The summed E-state index contributed by atoms with van der Waals surface area (Å²) in [5.74, 6) is 0.0629. The largest absolute Gasteiger partial charge is 0.363 e. The molecule has 0 saturated carbocycles. The molecule has 0 bridgehead atoms. The molecular weight excluding hydrogens is 254 g/mol. The minimum absolute atomic E-state index is 0.0598. The molecule has 20 heavy (non-hydrogen) atoms. The number of amides is 1. The van der Waals surface area contributed by atoms with Crippen molar-refractivity contribution in [2.24, 2.45) is 5.73 Å². The number of nitrogens with one attached hydrogen (secondary N) is 1. The highest BCUT2D eigenvalue weighted by atomic mass is 16.1. The second-order valence-corrected chi connectivity index (χ2v) is 4.89. The van der Waals surface area contributed by atoms with Gasteiger partial charge in [-0.2, -0.15) is 4.98 Å². The molecular formula is C14H17N5O. The van der Waals surface area contributed by atoms with Gasteiger partial charge in [0.2, 0.25) is 11.8 Å². The third kappa shape index (κ3) is 2.13. The van der Waals surface area contributed by atoms with Crippen LogP contribution in [0.3, 0.4) is 0 Å². The van der Waals surface area contributed by atoms with Crippen LogP contribution in [0.2, 0.25) is 0 Å². The van der Waals surface area contributed by atoms with Crippen molar-refractivity contribution in [3.63, 3.8) is 0 Å². The number of rotatable bonds is 3. The molecule has 3 N–H and O–H groups in total. The van der Waals surface area contributed by atoms with Crippen LogP contribution >= 0.6 is 0 Å². The third-order valence-electron chi connectivity index (χ3n) is 3.62. The van der Waals surface area contributed by atoms with Gasteiger partial charge in [-0.25, -0.2) is 4.68 Å². The summed E-state index contributed by atoms with van der Waals surface area (Å²) in [6.07, 6.45) is 1.92. The summed E-state index contributed by atoms with van der Waals surface area (Å²) in [7, 11) is 0. The smallest absolute Gasteiger partial charge is 0.288 e. The van der Waals surface area contributed by atoms with Crippen molar-refractivity contribution in [2.45, 2.75) is 25.8 Å². The van der Waals surface area contributed by atoms with Gasteiger partial charge in [0.15, 0.2) is 0 Å². The molecule has 2 aromatic rings. The number of aryl methyl sites for hydroxylation is 1. The predicted octanol–water partition coefficient (Wildman–Crippen LogP) is 1.34. The molecule has 1 aliphatic heterocycles. The van der Waals surface area contributed by atoms with Gasteiger partial charge >= 0.3 is 0 Å². The van der Waals surface area contributed by atoms with Gasteiger partial charge < -0.3 is 11.1 Å². The Morgan fingerprint density at radius 2 is 2.20 bits per heavy atom. The maximum absolute atomic E-state index is 11.2. The molecule has 0 saturated heterocycles. The zero-order valence-corrected chi connectivity index (χ0v) is 11.3. The van der Waals surface area contributed by atoms with Crippen molar-refractivity contribution in [1.29, 1.82) is 0 Å². The molecule has 1 aromatic carbocycles. The van der Waals surface area contributed by atoms with E-state index in [1.807, 2.05) is 0 Å². The molecule has 104 valence electrons. The standard InChI is InChI=1S/C14H17N5O/c1-2-9-3-5-10(6-4-9)11-7-8-16-14-17-13(12(15)20)18-19(11)14/h3-6,11H,2,7-8H2,1H3,(H2,15,20)(H,16,17,18). The quantitative estimate of drug-likeness (QED) is 0.882. The first-order chi connectivity index (χ1) is 9.69. The van der Waals surface area contributed by atoms with Crippen LogP contribution < -0.4 is 11.1 Å². The predicted molar refractivity (Wildman–Crippen MR) is 75.6 cm³/mol. The molecule has 1 atom stereocenters. The monoisotopic (exact) mass is 271 g/mol. The minimum atomic E-state index is -0.603. The first kappa shape index (κ1) is 12.7. The average Bonchev–Trinajstić information content (AvgIpc) is 2.91. The summed E-state index contributed by atoms with van der Waals surface area (Å²) in [4.78, 5) is 15.3. The van der Waals surface area contributed by atoms with Crippen molar-refractivity contribution < 1.29 is 4.79 Å². The first-order valence-corrected chi connectivity index (χ1v) is 6.78. The molecule has 6 nitrogen and oxygen atoms in total. The molecule has 0 fully saturated rings. The highest BCUT2D eigenvalue weighted by Crippen LogP contribution is 2.28. The number of nitrogens with two attached hydrogens (primary N) is 1. The van der Waals surface area contributed by atoms with Crippen molar-refractivity contribution in [2.75, 3.05) is 11.9 Å². The van der Waals surface area contributed by atoms with Crippen molar-refractivity contribution in [3.05, 3.63) is 41.2 Å². The number of primary amides is 1. The van der Waals surface area contributed by atoms with Crippen LogP contribution in [0, 0.1) is 0 Å². The van der Waals surface area contributed by atoms with E-state index in [1.54, 1.807) is 4.68 Å². The van der Waals surface area contributed by atoms with Gasteiger partial charge in [-0.1, -0.05) is 31.2 Å². The lowest BCUT2D eigenvalue weighted by Crippen LogP contribution is -2.24.